The molecule has 1 rings (SSSR count). The van der Waals surface area contributed by atoms with Crippen LogP contribution in [0.2, 0.25) is 0 Å². The van der Waals surface area contributed by atoms with Crippen LogP contribution in [-0.4, -0.2) is 19.0 Å². The van der Waals surface area contributed by atoms with Gasteiger partial charge < -0.3 is 4.90 Å². The molecule has 3 heteroatoms. The molecule has 0 aliphatic carbocycles. The average Bonchev–Trinajstić information content (AvgIpc) is 2.18. The third-order valence-electron chi connectivity index (χ3n) is 1.39. The van der Waals surface area contributed by atoms with Crippen LogP contribution in [0.3, 0.4) is 0 Å². The molecule has 0 saturated carbocycles. The van der Waals surface area contributed by atoms with Gasteiger partial charge in [0.15, 0.2) is 0 Å². The minimum Gasteiger partial charge on any atom is -0.377 e. The van der Waals surface area contributed by atoms with E-state index in [1.54, 1.807) is 6.20 Å². The summed E-state index contributed by atoms with van der Waals surface area (Å²) in [5.41, 5.74) is 3.71. The zero-order valence-electron chi connectivity index (χ0n) is 8.38. The fraction of sp³-hybridized carbons (Fsp3) is 0.182. The quantitative estimate of drug-likeness (QED) is 0.528. The summed E-state index contributed by atoms with van der Waals surface area (Å²) >= 11 is 0. The number of rotatable bonds is 3. The molecule has 0 spiro atoms. The van der Waals surface area contributed by atoms with Crippen LogP contribution < -0.4 is 0 Å². The van der Waals surface area contributed by atoms with Crippen molar-refractivity contribution in [3.05, 3.63) is 48.5 Å². The summed E-state index contributed by atoms with van der Waals surface area (Å²) in [4.78, 5) is 1.88. The van der Waals surface area contributed by atoms with Gasteiger partial charge in [-0.2, -0.15) is 5.11 Å². The van der Waals surface area contributed by atoms with E-state index in [1.807, 2.05) is 49.3 Å². The second-order valence-corrected chi connectivity index (χ2v) is 2.94. The number of benzene rings is 1. The number of hydrogen-bond acceptors (Lipinski definition) is 3. The maximum absolute atomic E-state index is 3.97. The van der Waals surface area contributed by atoms with E-state index < -0.39 is 0 Å². The molecule has 3 nitrogen and oxygen atoms in total. The van der Waals surface area contributed by atoms with Crippen LogP contribution in [-0.2, 0) is 0 Å². The first-order valence-electron chi connectivity index (χ1n) is 4.32. The highest BCUT2D eigenvalue weighted by molar-refractivity contribution is 5.34. The first-order valence-corrected chi connectivity index (χ1v) is 4.32. The molecule has 72 valence electrons. The van der Waals surface area contributed by atoms with E-state index in [2.05, 4.69) is 16.0 Å². The van der Waals surface area contributed by atoms with Gasteiger partial charge in [0, 0.05) is 20.3 Å². The van der Waals surface area contributed by atoms with Crippen LogP contribution in [0.25, 0.3) is 0 Å². The van der Waals surface area contributed by atoms with E-state index >= 15 is 0 Å². The van der Waals surface area contributed by atoms with Gasteiger partial charge in [0.1, 0.15) is 0 Å². The van der Waals surface area contributed by atoms with E-state index in [-0.39, 0.29) is 0 Å². The van der Waals surface area contributed by atoms with Crippen LogP contribution in [0.4, 0.5) is 5.69 Å². The molecule has 14 heavy (non-hydrogen) atoms. The molecule has 0 aliphatic rings. The fourth-order valence-corrected chi connectivity index (χ4v) is 0.806. The standard InChI is InChI=1S/C11H13N3/c1-14(2)10-6-9-12-13-11-7-4-3-5-8-11/h3-5,7-10H,1-2H3. The lowest BCUT2D eigenvalue weighted by atomic mass is 10.3. The summed E-state index contributed by atoms with van der Waals surface area (Å²) in [5.74, 6) is 0. The molecule has 0 saturated heterocycles. The van der Waals surface area contributed by atoms with Crippen molar-refractivity contribution in [1.29, 1.82) is 0 Å². The highest BCUT2D eigenvalue weighted by atomic mass is 15.1. The molecule has 0 heterocycles. The molecule has 0 fully saturated rings. The summed E-state index contributed by atoms with van der Waals surface area (Å²) in [7, 11) is 3.85. The van der Waals surface area contributed by atoms with Crippen molar-refractivity contribution in [2.24, 2.45) is 10.2 Å². The lowest BCUT2D eigenvalue weighted by Gasteiger charge is -1.98. The number of hydrogen-bond donors (Lipinski definition) is 0. The molecule has 0 radical (unpaired) electrons. The molecule has 1 aromatic rings. The van der Waals surface area contributed by atoms with Crippen molar-refractivity contribution >= 4 is 5.69 Å². The fourth-order valence-electron chi connectivity index (χ4n) is 0.806. The van der Waals surface area contributed by atoms with Gasteiger partial charge in [0.2, 0.25) is 0 Å². The van der Waals surface area contributed by atoms with Crippen molar-refractivity contribution < 1.29 is 0 Å². The second-order valence-electron chi connectivity index (χ2n) is 2.94. The van der Waals surface area contributed by atoms with Crippen molar-refractivity contribution in [2.45, 2.75) is 0 Å². The van der Waals surface area contributed by atoms with Gasteiger partial charge in [-0.25, -0.2) is 0 Å². The van der Waals surface area contributed by atoms with E-state index in [0.717, 1.165) is 5.69 Å². The topological polar surface area (TPSA) is 28.0 Å². The molecular formula is C11H13N3. The SMILES string of the molecule is CN(C)C=C=CN=Nc1ccccc1. The molecule has 0 unspecified atom stereocenters. The summed E-state index contributed by atoms with van der Waals surface area (Å²) < 4.78 is 0. The Morgan fingerprint density at radius 2 is 1.93 bits per heavy atom. The molecule has 0 N–H and O–H groups in total. The molecule has 0 aliphatic heterocycles. The van der Waals surface area contributed by atoms with E-state index in [0.29, 0.717) is 0 Å². The Hall–Kier alpha value is -1.86. The third kappa shape index (κ3) is 4.24. The van der Waals surface area contributed by atoms with Gasteiger partial charge in [0.05, 0.1) is 11.9 Å². The van der Waals surface area contributed by atoms with E-state index in [1.165, 1.54) is 6.20 Å². The van der Waals surface area contributed by atoms with Crippen molar-refractivity contribution in [3.8, 4) is 0 Å². The Bertz CT molecular complexity index is 346. The van der Waals surface area contributed by atoms with Gasteiger partial charge >= 0.3 is 0 Å². The molecule has 0 aromatic heterocycles. The zero-order chi connectivity index (χ0) is 10.2. The molecule has 0 atom stereocenters. The average molecular weight is 187 g/mol. The molecule has 0 bridgehead atoms. The Morgan fingerprint density at radius 1 is 1.21 bits per heavy atom. The maximum Gasteiger partial charge on any atom is 0.0929 e. The normalized spacial score (nSPS) is 9.57. The largest absolute Gasteiger partial charge is 0.377 e. The van der Waals surface area contributed by atoms with Crippen LogP contribution in [0.15, 0.2) is 58.7 Å². The summed E-state index contributed by atoms with van der Waals surface area (Å²) in [5, 5.41) is 7.82. The Morgan fingerprint density at radius 3 is 2.57 bits per heavy atom. The van der Waals surface area contributed by atoms with Crippen LogP contribution in [0.5, 0.6) is 0 Å². The lowest BCUT2D eigenvalue weighted by molar-refractivity contribution is 0.565. The predicted molar refractivity (Wildman–Crippen MR) is 57.3 cm³/mol. The third-order valence-corrected chi connectivity index (χ3v) is 1.39. The number of azo groups is 1. The zero-order valence-corrected chi connectivity index (χ0v) is 8.38. The Labute approximate surface area is 84.1 Å². The molecular weight excluding hydrogens is 174 g/mol. The smallest absolute Gasteiger partial charge is 0.0929 e. The summed E-state index contributed by atoms with van der Waals surface area (Å²) in [6.45, 7) is 0. The highest BCUT2D eigenvalue weighted by Gasteiger charge is 1.81. The summed E-state index contributed by atoms with van der Waals surface area (Å²) in [6.07, 6.45) is 3.32. The van der Waals surface area contributed by atoms with Gasteiger partial charge in [-0.15, -0.1) is 5.11 Å². The lowest BCUT2D eigenvalue weighted by Crippen LogP contribution is -1.98. The van der Waals surface area contributed by atoms with Gasteiger partial charge in [0.25, 0.3) is 0 Å². The van der Waals surface area contributed by atoms with E-state index in [9.17, 15) is 0 Å². The molecule has 0 amide bonds. The van der Waals surface area contributed by atoms with Crippen LogP contribution in [0, 0.1) is 0 Å². The summed E-state index contributed by atoms with van der Waals surface area (Å²) in [6, 6.07) is 9.59. The van der Waals surface area contributed by atoms with Crippen molar-refractivity contribution in [3.63, 3.8) is 0 Å². The van der Waals surface area contributed by atoms with Crippen molar-refractivity contribution in [1.82, 2.24) is 4.90 Å². The minimum absolute atomic E-state index is 0.843. The number of nitrogens with zero attached hydrogens (tertiary/aromatic N) is 3. The second kappa shape index (κ2) is 5.73. The molecule has 1 aromatic carbocycles. The van der Waals surface area contributed by atoms with Crippen LogP contribution in [0.1, 0.15) is 0 Å². The maximum atomic E-state index is 3.97. The van der Waals surface area contributed by atoms with Crippen LogP contribution >= 0.6 is 0 Å². The van der Waals surface area contributed by atoms with Crippen molar-refractivity contribution in [2.75, 3.05) is 14.1 Å². The highest BCUT2D eigenvalue weighted by Crippen LogP contribution is 2.09. The van der Waals surface area contributed by atoms with E-state index in [4.69, 9.17) is 0 Å². The van der Waals surface area contributed by atoms with Gasteiger partial charge in [-0.1, -0.05) is 23.9 Å². The van der Waals surface area contributed by atoms with Gasteiger partial charge in [-0.3, -0.25) is 0 Å². The first kappa shape index (κ1) is 10.2. The Balaban J connectivity index is 2.54. The predicted octanol–water partition coefficient (Wildman–Crippen LogP) is 2.96. The monoisotopic (exact) mass is 187 g/mol. The Kier molecular flexibility index (Phi) is 4.18. The van der Waals surface area contributed by atoms with Gasteiger partial charge in [-0.05, 0) is 12.1 Å². The first-order chi connectivity index (χ1) is 6.79. The minimum atomic E-state index is 0.843.